The Labute approximate surface area is 210 Å². The van der Waals surface area contributed by atoms with Crippen LogP contribution in [0.1, 0.15) is 49.8 Å². The van der Waals surface area contributed by atoms with Gasteiger partial charge in [0.1, 0.15) is 24.7 Å². The van der Waals surface area contributed by atoms with Gasteiger partial charge < -0.3 is 30.4 Å². The molecular formula is C26H35N5O5. The van der Waals surface area contributed by atoms with Crippen molar-refractivity contribution < 1.29 is 23.9 Å². The van der Waals surface area contributed by atoms with E-state index in [1.807, 2.05) is 30.3 Å². The molecule has 2 aliphatic heterocycles. The minimum Gasteiger partial charge on any atom is -0.463 e. The Morgan fingerprint density at radius 3 is 2.47 bits per heavy atom. The second-order valence-electron chi connectivity index (χ2n) is 9.80. The predicted octanol–water partition coefficient (Wildman–Crippen LogP) is 1.28. The fourth-order valence-corrected chi connectivity index (χ4v) is 5.07. The van der Waals surface area contributed by atoms with Gasteiger partial charge in [0.25, 0.3) is 0 Å². The molecule has 4 N–H and O–H groups in total. The Kier molecular flexibility index (Phi) is 8.37. The number of carbonyl (C=O) groups is 3. The molecule has 36 heavy (non-hydrogen) atoms. The zero-order valence-electron chi connectivity index (χ0n) is 20.8. The van der Waals surface area contributed by atoms with Crippen molar-refractivity contribution in [3.63, 3.8) is 0 Å². The summed E-state index contributed by atoms with van der Waals surface area (Å²) in [5.41, 5.74) is 7.02. The molecular weight excluding hydrogens is 462 g/mol. The number of esters is 2. The van der Waals surface area contributed by atoms with E-state index in [1.165, 1.54) is 13.3 Å². The van der Waals surface area contributed by atoms with Crippen LogP contribution in [0.4, 0.5) is 0 Å². The zero-order chi connectivity index (χ0) is 25.7. The van der Waals surface area contributed by atoms with Crippen molar-refractivity contribution in [2.24, 2.45) is 5.73 Å². The van der Waals surface area contributed by atoms with Crippen LogP contribution < -0.4 is 11.1 Å². The number of benzene rings is 1. The molecule has 4 rings (SSSR count). The Hall–Kier alpha value is -3.24. The monoisotopic (exact) mass is 497 g/mol. The van der Waals surface area contributed by atoms with Gasteiger partial charge in [-0.3, -0.25) is 9.59 Å². The first-order valence-corrected chi connectivity index (χ1v) is 12.5. The molecule has 0 aliphatic carbocycles. The largest absolute Gasteiger partial charge is 0.463 e. The van der Waals surface area contributed by atoms with E-state index < -0.39 is 35.8 Å². The van der Waals surface area contributed by atoms with Gasteiger partial charge in [0, 0.05) is 30.4 Å². The number of nitrogens with two attached hydrogens (primary N) is 1. The molecule has 1 amide bonds. The highest BCUT2D eigenvalue weighted by Gasteiger charge is 2.40. The highest BCUT2D eigenvalue weighted by atomic mass is 16.6. The van der Waals surface area contributed by atoms with Crippen molar-refractivity contribution in [1.82, 2.24) is 20.2 Å². The predicted molar refractivity (Wildman–Crippen MR) is 132 cm³/mol. The minimum absolute atomic E-state index is 0.147. The van der Waals surface area contributed by atoms with Gasteiger partial charge in [0.05, 0.1) is 12.4 Å². The van der Waals surface area contributed by atoms with E-state index in [0.717, 1.165) is 25.7 Å². The van der Waals surface area contributed by atoms with Crippen LogP contribution in [0.25, 0.3) is 0 Å². The molecule has 2 bridgehead atoms. The molecule has 10 heteroatoms. The Morgan fingerprint density at radius 2 is 1.86 bits per heavy atom. The van der Waals surface area contributed by atoms with Crippen molar-refractivity contribution in [2.75, 3.05) is 13.7 Å². The Balaban J connectivity index is 1.43. The average molecular weight is 498 g/mol. The number of hydrogen-bond acceptors (Lipinski definition) is 8. The third-order valence-electron chi connectivity index (χ3n) is 7.21. The Morgan fingerprint density at radius 1 is 1.17 bits per heavy atom. The van der Waals surface area contributed by atoms with Crippen LogP contribution >= 0.6 is 0 Å². The summed E-state index contributed by atoms with van der Waals surface area (Å²) in [6, 6.07) is 8.25. The number of amides is 1. The van der Waals surface area contributed by atoms with Gasteiger partial charge >= 0.3 is 11.9 Å². The number of nitrogens with one attached hydrogen (secondary N) is 2. The van der Waals surface area contributed by atoms with Gasteiger partial charge in [-0.2, -0.15) is 0 Å². The van der Waals surface area contributed by atoms with Crippen LogP contribution in [-0.2, 0) is 30.3 Å². The number of aromatic nitrogens is 2. The molecule has 10 nitrogen and oxygen atoms in total. The zero-order valence-corrected chi connectivity index (χ0v) is 20.8. The van der Waals surface area contributed by atoms with Crippen LogP contribution in [-0.4, -0.2) is 76.6 Å². The smallest absolute Gasteiger partial charge is 0.329 e. The molecule has 2 fully saturated rings. The van der Waals surface area contributed by atoms with E-state index in [0.29, 0.717) is 23.3 Å². The van der Waals surface area contributed by atoms with Crippen LogP contribution in [0.3, 0.4) is 0 Å². The number of imidazole rings is 1. The highest BCUT2D eigenvalue weighted by Crippen LogP contribution is 2.36. The number of piperidine rings is 1. The van der Waals surface area contributed by atoms with Crippen LogP contribution in [0.2, 0.25) is 0 Å². The van der Waals surface area contributed by atoms with Crippen molar-refractivity contribution in [3.05, 3.63) is 54.1 Å². The van der Waals surface area contributed by atoms with Crippen LogP contribution in [0.5, 0.6) is 0 Å². The lowest BCUT2D eigenvalue weighted by molar-refractivity contribution is -0.159. The number of nitrogens with zero attached hydrogens (tertiary/aromatic N) is 2. The normalized spacial score (nSPS) is 23.9. The maximum atomic E-state index is 13.3. The second-order valence-corrected chi connectivity index (χ2v) is 9.80. The van der Waals surface area contributed by atoms with Gasteiger partial charge in [0.2, 0.25) is 5.91 Å². The summed E-state index contributed by atoms with van der Waals surface area (Å²) in [6.07, 6.45) is 6.94. The summed E-state index contributed by atoms with van der Waals surface area (Å²) >= 11 is 0. The van der Waals surface area contributed by atoms with Gasteiger partial charge in [-0.1, -0.05) is 30.3 Å². The molecule has 1 aromatic carbocycles. The number of hydrogen-bond donors (Lipinski definition) is 3. The summed E-state index contributed by atoms with van der Waals surface area (Å²) in [6.45, 7) is 1.33. The fourth-order valence-electron chi connectivity index (χ4n) is 5.07. The molecule has 0 saturated carbocycles. The van der Waals surface area contributed by atoms with Crippen molar-refractivity contribution >= 4 is 17.8 Å². The quantitative estimate of drug-likeness (QED) is 0.417. The van der Waals surface area contributed by atoms with Crippen LogP contribution in [0, 0.1) is 0 Å². The van der Waals surface area contributed by atoms with E-state index in [2.05, 4.69) is 27.2 Å². The molecule has 0 spiro atoms. The van der Waals surface area contributed by atoms with E-state index in [4.69, 9.17) is 15.2 Å². The standard InChI is InChI=1S/C26H35N5O5/c1-16(27)24(32)30-23(10-18-13-28-15-29-18)26(34)35-14-22(17-6-4-3-5-7-17)25(33)36-21-11-19-8-9-20(12-21)31(19)2/h3-7,13,15-16,19-23H,8-12,14,27H2,1-2H3,(H,28,29)(H,30,32)/t16?,19-,20+,21?,22?,23?. The van der Waals surface area contributed by atoms with Crippen LogP contribution in [0.15, 0.2) is 42.9 Å². The molecule has 194 valence electrons. The molecule has 2 aliphatic rings. The SMILES string of the molecule is CC(N)C(=O)NC(Cc1cnc[nH]1)C(=O)OCC(C(=O)OC1C[C@H]2CC[C@@H](C1)N2C)c1ccccc1. The van der Waals surface area contributed by atoms with E-state index in [1.54, 1.807) is 6.20 Å². The summed E-state index contributed by atoms with van der Waals surface area (Å²) in [5, 5.41) is 2.63. The number of aromatic amines is 1. The molecule has 0 radical (unpaired) electrons. The first-order chi connectivity index (χ1) is 17.3. The number of carbonyl (C=O) groups excluding carboxylic acids is 3. The third kappa shape index (κ3) is 6.30. The molecule has 1 aromatic heterocycles. The topological polar surface area (TPSA) is 140 Å². The lowest BCUT2D eigenvalue weighted by Crippen LogP contribution is -2.49. The van der Waals surface area contributed by atoms with Gasteiger partial charge in [-0.15, -0.1) is 0 Å². The van der Waals surface area contributed by atoms with Gasteiger partial charge in [0.15, 0.2) is 0 Å². The highest BCUT2D eigenvalue weighted by molar-refractivity contribution is 5.87. The average Bonchev–Trinajstić information content (AvgIpc) is 3.43. The van der Waals surface area contributed by atoms with Gasteiger partial charge in [-0.25, -0.2) is 9.78 Å². The minimum atomic E-state index is -0.985. The molecule has 3 heterocycles. The molecule has 2 aromatic rings. The summed E-state index contributed by atoms with van der Waals surface area (Å²) in [7, 11) is 2.14. The molecule has 4 unspecified atom stereocenters. The van der Waals surface area contributed by atoms with E-state index in [9.17, 15) is 14.4 Å². The van der Waals surface area contributed by atoms with Crippen molar-refractivity contribution in [1.29, 1.82) is 0 Å². The fraction of sp³-hybridized carbons (Fsp3) is 0.538. The number of ether oxygens (including phenoxy) is 2. The maximum Gasteiger partial charge on any atom is 0.329 e. The lowest BCUT2D eigenvalue weighted by Gasteiger charge is -2.36. The molecule has 2 saturated heterocycles. The summed E-state index contributed by atoms with van der Waals surface area (Å²) < 4.78 is 11.5. The first kappa shape index (κ1) is 25.8. The second kappa shape index (κ2) is 11.7. The third-order valence-corrected chi connectivity index (χ3v) is 7.21. The van der Waals surface area contributed by atoms with Gasteiger partial charge in [-0.05, 0) is 45.2 Å². The lowest BCUT2D eigenvalue weighted by atomic mass is 9.98. The maximum absolute atomic E-state index is 13.3. The number of fused-ring (bicyclic) bond motifs is 2. The number of H-pyrrole nitrogens is 1. The van der Waals surface area contributed by atoms with E-state index in [-0.39, 0.29) is 19.1 Å². The summed E-state index contributed by atoms with van der Waals surface area (Å²) in [5.74, 6) is -2.32. The van der Waals surface area contributed by atoms with Crippen molar-refractivity contribution in [3.8, 4) is 0 Å². The summed E-state index contributed by atoms with van der Waals surface area (Å²) in [4.78, 5) is 47.8. The number of rotatable bonds is 10. The molecule has 6 atom stereocenters. The van der Waals surface area contributed by atoms with Crippen molar-refractivity contribution in [2.45, 2.75) is 75.2 Å². The first-order valence-electron chi connectivity index (χ1n) is 12.5. The Bertz CT molecular complexity index is 1010. The van der Waals surface area contributed by atoms with E-state index >= 15 is 0 Å².